The van der Waals surface area contributed by atoms with Crippen LogP contribution in [0.2, 0.25) is 0 Å². The van der Waals surface area contributed by atoms with Gasteiger partial charge in [-0.2, -0.15) is 0 Å². The zero-order valence-electron chi connectivity index (χ0n) is 14.9. The van der Waals surface area contributed by atoms with E-state index < -0.39 is 16.7 Å². The molecule has 1 amide bonds. The van der Waals surface area contributed by atoms with Gasteiger partial charge in [0, 0.05) is 36.2 Å². The third kappa shape index (κ3) is 5.57. The molecule has 2 aromatic carbocycles. The van der Waals surface area contributed by atoms with Gasteiger partial charge in [-0.25, -0.2) is 0 Å². The molecule has 7 nitrogen and oxygen atoms in total. The SMILES string of the molecule is CC[C@@H](C(=O)CCC(=O)Nc1cccc([N+](=O)[O-])c1)C(=O)c1ccccc1. The van der Waals surface area contributed by atoms with Crippen molar-refractivity contribution in [3.63, 3.8) is 0 Å². The number of nitro benzene ring substituents is 1. The van der Waals surface area contributed by atoms with E-state index in [0.717, 1.165) is 0 Å². The predicted molar refractivity (Wildman–Crippen MR) is 101 cm³/mol. The van der Waals surface area contributed by atoms with Crippen molar-refractivity contribution < 1.29 is 19.3 Å². The van der Waals surface area contributed by atoms with Gasteiger partial charge < -0.3 is 5.32 Å². The maximum absolute atomic E-state index is 12.5. The molecule has 0 heterocycles. The highest BCUT2D eigenvalue weighted by Gasteiger charge is 2.25. The average Bonchev–Trinajstić information content (AvgIpc) is 2.67. The van der Waals surface area contributed by atoms with Crippen molar-refractivity contribution in [1.29, 1.82) is 0 Å². The van der Waals surface area contributed by atoms with Gasteiger partial charge in [0.25, 0.3) is 5.69 Å². The fourth-order valence-electron chi connectivity index (χ4n) is 2.69. The zero-order chi connectivity index (χ0) is 19.8. The normalized spacial score (nSPS) is 11.4. The number of ketones is 2. The molecule has 140 valence electrons. The smallest absolute Gasteiger partial charge is 0.271 e. The molecule has 2 rings (SSSR count). The van der Waals surface area contributed by atoms with Crippen molar-refractivity contribution in [2.24, 2.45) is 5.92 Å². The quantitative estimate of drug-likeness (QED) is 0.314. The molecule has 0 saturated carbocycles. The largest absolute Gasteiger partial charge is 0.326 e. The minimum absolute atomic E-state index is 0.0716. The van der Waals surface area contributed by atoms with Crippen LogP contribution in [-0.2, 0) is 9.59 Å². The van der Waals surface area contributed by atoms with E-state index >= 15 is 0 Å². The van der Waals surface area contributed by atoms with Crippen LogP contribution >= 0.6 is 0 Å². The van der Waals surface area contributed by atoms with E-state index in [1.807, 2.05) is 0 Å². The Labute approximate surface area is 156 Å². The molecule has 2 aromatic rings. The number of nitrogens with zero attached hydrogens (tertiary/aromatic N) is 1. The summed E-state index contributed by atoms with van der Waals surface area (Å²) in [4.78, 5) is 47.1. The molecular formula is C20H20N2O5. The van der Waals surface area contributed by atoms with Crippen LogP contribution in [0, 0.1) is 16.0 Å². The van der Waals surface area contributed by atoms with Gasteiger partial charge in [-0.1, -0.05) is 43.3 Å². The number of non-ortho nitro benzene ring substituents is 1. The van der Waals surface area contributed by atoms with E-state index in [1.165, 1.54) is 24.3 Å². The summed E-state index contributed by atoms with van der Waals surface area (Å²) in [5.41, 5.74) is 0.621. The van der Waals surface area contributed by atoms with Crippen LogP contribution in [0.1, 0.15) is 36.5 Å². The zero-order valence-corrected chi connectivity index (χ0v) is 14.9. The van der Waals surface area contributed by atoms with Crippen molar-refractivity contribution in [2.75, 3.05) is 5.32 Å². The van der Waals surface area contributed by atoms with Crippen LogP contribution in [0.4, 0.5) is 11.4 Å². The highest BCUT2D eigenvalue weighted by atomic mass is 16.6. The molecule has 0 bridgehead atoms. The Bertz CT molecular complexity index is 848. The average molecular weight is 368 g/mol. The lowest BCUT2D eigenvalue weighted by molar-refractivity contribution is -0.384. The van der Waals surface area contributed by atoms with Gasteiger partial charge in [-0.15, -0.1) is 0 Å². The monoisotopic (exact) mass is 368 g/mol. The molecule has 0 fully saturated rings. The van der Waals surface area contributed by atoms with Crippen molar-refractivity contribution in [3.05, 3.63) is 70.3 Å². The minimum Gasteiger partial charge on any atom is -0.326 e. The summed E-state index contributed by atoms with van der Waals surface area (Å²) in [5, 5.41) is 13.3. The molecule has 0 saturated heterocycles. The first-order valence-corrected chi connectivity index (χ1v) is 8.58. The summed E-state index contributed by atoms with van der Waals surface area (Å²) >= 11 is 0. The first-order chi connectivity index (χ1) is 12.9. The number of amides is 1. The van der Waals surface area contributed by atoms with E-state index in [9.17, 15) is 24.5 Å². The van der Waals surface area contributed by atoms with E-state index in [4.69, 9.17) is 0 Å². The molecular weight excluding hydrogens is 348 g/mol. The van der Waals surface area contributed by atoms with Gasteiger partial charge in [0.2, 0.25) is 5.91 Å². The fraction of sp³-hybridized carbons (Fsp3) is 0.250. The van der Waals surface area contributed by atoms with E-state index in [-0.39, 0.29) is 35.8 Å². The Morgan fingerprint density at radius 2 is 1.74 bits per heavy atom. The standard InChI is InChI=1S/C20H20N2O5/c1-2-17(20(25)14-7-4-3-5-8-14)18(23)11-12-19(24)21-15-9-6-10-16(13-15)22(26)27/h3-10,13,17H,2,11-12H2,1H3,(H,21,24)/t17-/m0/s1. The molecule has 7 heteroatoms. The summed E-state index contributed by atoms with van der Waals surface area (Å²) in [7, 11) is 0. The maximum atomic E-state index is 12.5. The van der Waals surface area contributed by atoms with Crippen LogP contribution in [0.3, 0.4) is 0 Å². The number of hydrogen-bond donors (Lipinski definition) is 1. The molecule has 0 aliphatic rings. The van der Waals surface area contributed by atoms with Gasteiger partial charge >= 0.3 is 0 Å². The fourth-order valence-corrected chi connectivity index (χ4v) is 2.69. The second-order valence-electron chi connectivity index (χ2n) is 6.01. The van der Waals surface area contributed by atoms with Crippen LogP contribution in [0.5, 0.6) is 0 Å². The highest BCUT2D eigenvalue weighted by Crippen LogP contribution is 2.19. The van der Waals surface area contributed by atoms with Gasteiger partial charge in [0.1, 0.15) is 5.78 Å². The number of anilines is 1. The molecule has 0 spiro atoms. The van der Waals surface area contributed by atoms with Gasteiger partial charge in [-0.3, -0.25) is 24.5 Å². The Morgan fingerprint density at radius 3 is 2.37 bits per heavy atom. The van der Waals surface area contributed by atoms with Crippen molar-refractivity contribution in [3.8, 4) is 0 Å². The van der Waals surface area contributed by atoms with E-state index in [2.05, 4.69) is 5.32 Å². The van der Waals surface area contributed by atoms with Gasteiger partial charge in [0.15, 0.2) is 5.78 Å². The van der Waals surface area contributed by atoms with Crippen LogP contribution < -0.4 is 5.32 Å². The third-order valence-corrected chi connectivity index (χ3v) is 4.11. The van der Waals surface area contributed by atoms with E-state index in [1.54, 1.807) is 37.3 Å². The second kappa shape index (κ2) is 9.38. The number of benzene rings is 2. The lowest BCUT2D eigenvalue weighted by Crippen LogP contribution is -2.25. The van der Waals surface area contributed by atoms with Gasteiger partial charge in [-0.05, 0) is 12.5 Å². The summed E-state index contributed by atoms with van der Waals surface area (Å²) in [5.74, 6) is -1.76. The summed E-state index contributed by atoms with van der Waals surface area (Å²) < 4.78 is 0. The number of carbonyl (C=O) groups is 3. The molecule has 1 N–H and O–H groups in total. The Morgan fingerprint density at radius 1 is 1.04 bits per heavy atom. The van der Waals surface area contributed by atoms with E-state index in [0.29, 0.717) is 12.0 Å². The first kappa shape index (κ1) is 20.0. The number of nitrogens with one attached hydrogen (secondary N) is 1. The molecule has 0 aliphatic carbocycles. The Kier molecular flexibility index (Phi) is 6.93. The Balaban J connectivity index is 1.93. The molecule has 1 atom stereocenters. The topological polar surface area (TPSA) is 106 Å². The summed E-state index contributed by atoms with van der Waals surface area (Å²) in [6.07, 6.45) is 0.191. The van der Waals surface area contributed by atoms with Crippen molar-refractivity contribution in [2.45, 2.75) is 26.2 Å². The summed E-state index contributed by atoms with van der Waals surface area (Å²) in [6, 6.07) is 14.1. The second-order valence-corrected chi connectivity index (χ2v) is 6.01. The molecule has 0 radical (unpaired) electrons. The molecule has 0 aliphatic heterocycles. The number of rotatable bonds is 9. The lowest BCUT2D eigenvalue weighted by atomic mass is 9.89. The highest BCUT2D eigenvalue weighted by molar-refractivity contribution is 6.11. The van der Waals surface area contributed by atoms with Crippen LogP contribution in [-0.4, -0.2) is 22.4 Å². The molecule has 0 aromatic heterocycles. The van der Waals surface area contributed by atoms with Crippen LogP contribution in [0.15, 0.2) is 54.6 Å². The van der Waals surface area contributed by atoms with Crippen molar-refractivity contribution in [1.82, 2.24) is 0 Å². The van der Waals surface area contributed by atoms with Crippen molar-refractivity contribution >= 4 is 28.8 Å². The molecule has 27 heavy (non-hydrogen) atoms. The summed E-state index contributed by atoms with van der Waals surface area (Å²) in [6.45, 7) is 1.76. The number of hydrogen-bond acceptors (Lipinski definition) is 5. The van der Waals surface area contributed by atoms with Gasteiger partial charge in [0.05, 0.1) is 10.8 Å². The Hall–Kier alpha value is -3.35. The minimum atomic E-state index is -0.780. The number of carbonyl (C=O) groups excluding carboxylic acids is 3. The predicted octanol–water partition coefficient (Wildman–Crippen LogP) is 3.79. The van der Waals surface area contributed by atoms with Crippen LogP contribution in [0.25, 0.3) is 0 Å². The lowest BCUT2D eigenvalue weighted by Gasteiger charge is -2.13. The number of nitro groups is 1. The number of Topliss-reactive ketones (excluding diaryl/α,β-unsaturated/α-hetero) is 2. The molecule has 0 unspecified atom stereocenters. The third-order valence-electron chi connectivity index (χ3n) is 4.11. The first-order valence-electron chi connectivity index (χ1n) is 8.58. The maximum Gasteiger partial charge on any atom is 0.271 e.